The molecule has 2 aromatic rings. The third-order valence-electron chi connectivity index (χ3n) is 6.52. The summed E-state index contributed by atoms with van der Waals surface area (Å²) in [7, 11) is 0. The monoisotopic (exact) mass is 374 g/mol. The van der Waals surface area contributed by atoms with E-state index in [2.05, 4.69) is 24.0 Å². The first kappa shape index (κ1) is 18.4. The second kappa shape index (κ2) is 6.31. The molecule has 1 aromatic heterocycles. The first-order valence-corrected chi connectivity index (χ1v) is 9.47. The van der Waals surface area contributed by atoms with E-state index in [0.717, 1.165) is 24.1 Å². The predicted molar refractivity (Wildman–Crippen MR) is 97.1 cm³/mol. The van der Waals surface area contributed by atoms with E-state index < -0.39 is 17.2 Å². The molecule has 2 aliphatic carbocycles. The van der Waals surface area contributed by atoms with Gasteiger partial charge in [0.15, 0.2) is 0 Å². The molecule has 0 aliphatic heterocycles. The van der Waals surface area contributed by atoms with Crippen LogP contribution in [0, 0.1) is 17.0 Å². The van der Waals surface area contributed by atoms with Crippen LogP contribution in [0.2, 0.25) is 0 Å². The SMILES string of the molecule is CCC(CO)O[C@@]12CC[C@@H](c3cc(-c4c(F)cccc4F)nnc31)C2(C)C. The molecule has 0 saturated heterocycles. The quantitative estimate of drug-likeness (QED) is 0.847. The Hall–Kier alpha value is -1.92. The first-order valence-electron chi connectivity index (χ1n) is 9.47. The van der Waals surface area contributed by atoms with Gasteiger partial charge in [0.25, 0.3) is 0 Å². The van der Waals surface area contributed by atoms with Crippen LogP contribution in [0.1, 0.15) is 57.2 Å². The number of hydrogen-bond acceptors (Lipinski definition) is 4. The third-order valence-corrected chi connectivity index (χ3v) is 6.52. The maximum atomic E-state index is 14.2. The molecule has 27 heavy (non-hydrogen) atoms. The number of aliphatic hydroxyl groups is 1. The average molecular weight is 374 g/mol. The highest BCUT2D eigenvalue weighted by Gasteiger charge is 2.65. The molecule has 3 atom stereocenters. The van der Waals surface area contributed by atoms with Crippen molar-refractivity contribution in [2.24, 2.45) is 5.41 Å². The molecule has 1 fully saturated rings. The summed E-state index contributed by atoms with van der Waals surface area (Å²) in [5.74, 6) is -1.12. The van der Waals surface area contributed by atoms with Crippen LogP contribution in [-0.4, -0.2) is 28.0 Å². The highest BCUT2D eigenvalue weighted by Crippen LogP contribution is 2.68. The Morgan fingerprint density at radius 3 is 2.59 bits per heavy atom. The average Bonchev–Trinajstić information content (AvgIpc) is 3.00. The zero-order valence-corrected chi connectivity index (χ0v) is 15.8. The molecule has 1 aromatic carbocycles. The lowest BCUT2D eigenvalue weighted by Gasteiger charge is -2.40. The largest absolute Gasteiger partial charge is 0.394 e. The predicted octanol–water partition coefficient (Wildman–Crippen LogP) is 4.32. The number of halogens is 2. The van der Waals surface area contributed by atoms with Gasteiger partial charge in [0.05, 0.1) is 29.7 Å². The lowest BCUT2D eigenvalue weighted by Crippen LogP contribution is -2.42. The highest BCUT2D eigenvalue weighted by molar-refractivity contribution is 5.62. The van der Waals surface area contributed by atoms with Crippen LogP contribution >= 0.6 is 0 Å². The molecule has 0 radical (unpaired) electrons. The minimum atomic E-state index is -0.649. The summed E-state index contributed by atoms with van der Waals surface area (Å²) in [5.41, 5.74) is 0.888. The van der Waals surface area contributed by atoms with Crippen molar-refractivity contribution >= 4 is 0 Å². The van der Waals surface area contributed by atoms with Gasteiger partial charge in [0.2, 0.25) is 0 Å². The van der Waals surface area contributed by atoms with Crippen molar-refractivity contribution in [2.45, 2.75) is 57.7 Å². The van der Waals surface area contributed by atoms with E-state index in [4.69, 9.17) is 4.74 Å². The van der Waals surface area contributed by atoms with Gasteiger partial charge in [0.1, 0.15) is 17.2 Å². The van der Waals surface area contributed by atoms with Gasteiger partial charge < -0.3 is 9.84 Å². The number of fused-ring (bicyclic) bond motifs is 5. The van der Waals surface area contributed by atoms with E-state index in [-0.39, 0.29) is 35.3 Å². The Balaban J connectivity index is 1.84. The Morgan fingerprint density at radius 2 is 1.96 bits per heavy atom. The minimum Gasteiger partial charge on any atom is -0.394 e. The van der Waals surface area contributed by atoms with E-state index in [9.17, 15) is 13.9 Å². The van der Waals surface area contributed by atoms with Crippen molar-refractivity contribution in [3.05, 3.63) is 47.2 Å². The summed E-state index contributed by atoms with van der Waals surface area (Å²) in [6.45, 7) is 6.20. The Labute approximate surface area is 157 Å². The number of benzene rings is 1. The zero-order valence-electron chi connectivity index (χ0n) is 15.8. The molecule has 6 heteroatoms. The molecule has 0 spiro atoms. The molecule has 1 N–H and O–H groups in total. The lowest BCUT2D eigenvalue weighted by molar-refractivity contribution is -0.159. The number of hydrogen-bond donors (Lipinski definition) is 1. The molecule has 1 unspecified atom stereocenters. The summed E-state index contributed by atoms with van der Waals surface area (Å²) >= 11 is 0. The summed E-state index contributed by atoms with van der Waals surface area (Å²) < 4.78 is 34.8. The fourth-order valence-corrected chi connectivity index (χ4v) is 4.93. The second-order valence-electron chi connectivity index (χ2n) is 8.10. The van der Waals surface area contributed by atoms with Gasteiger partial charge in [-0.15, -0.1) is 5.10 Å². The zero-order chi connectivity index (χ0) is 19.4. The molecule has 4 rings (SSSR count). The Kier molecular flexibility index (Phi) is 4.31. The molecule has 4 nitrogen and oxygen atoms in total. The van der Waals surface area contributed by atoms with Crippen molar-refractivity contribution in [2.75, 3.05) is 6.61 Å². The van der Waals surface area contributed by atoms with Crippen molar-refractivity contribution in [1.82, 2.24) is 10.2 Å². The summed E-state index contributed by atoms with van der Waals surface area (Å²) in [4.78, 5) is 0. The molecule has 0 amide bonds. The van der Waals surface area contributed by atoms with Gasteiger partial charge in [-0.25, -0.2) is 8.78 Å². The summed E-state index contributed by atoms with van der Waals surface area (Å²) in [5, 5.41) is 18.2. The first-order chi connectivity index (χ1) is 12.9. The maximum Gasteiger partial charge on any atom is 0.135 e. The normalized spacial score (nSPS) is 26.2. The Morgan fingerprint density at radius 1 is 1.26 bits per heavy atom. The fraction of sp³-hybridized carbons (Fsp3) is 0.524. The maximum absolute atomic E-state index is 14.2. The van der Waals surface area contributed by atoms with Crippen LogP contribution in [0.25, 0.3) is 11.3 Å². The molecular formula is C21H24F2N2O2. The van der Waals surface area contributed by atoms with Crippen molar-refractivity contribution in [3.63, 3.8) is 0 Å². The standard InChI is InChI=1S/C21H24F2N2O2/c1-4-12(11-26)27-21-9-8-14(20(21,2)3)13-10-17(24-25-19(13)21)18-15(22)6-5-7-16(18)23/h5-7,10,12,14,26H,4,8-9,11H2,1-3H3/t12?,14-,21-/m0/s1. The molecule has 2 aliphatic rings. The highest BCUT2D eigenvalue weighted by atomic mass is 19.1. The van der Waals surface area contributed by atoms with Crippen LogP contribution in [0.3, 0.4) is 0 Å². The summed E-state index contributed by atoms with van der Waals surface area (Å²) in [6.07, 6.45) is 2.13. The molecule has 2 bridgehead atoms. The van der Waals surface area contributed by atoms with Crippen molar-refractivity contribution in [1.29, 1.82) is 0 Å². The van der Waals surface area contributed by atoms with E-state index in [1.165, 1.54) is 18.2 Å². The van der Waals surface area contributed by atoms with Gasteiger partial charge in [0, 0.05) is 5.41 Å². The van der Waals surface area contributed by atoms with Gasteiger partial charge in [-0.1, -0.05) is 26.8 Å². The van der Waals surface area contributed by atoms with Gasteiger partial charge >= 0.3 is 0 Å². The van der Waals surface area contributed by atoms with Crippen LogP contribution in [-0.2, 0) is 10.3 Å². The van der Waals surface area contributed by atoms with Crippen molar-refractivity contribution in [3.8, 4) is 11.3 Å². The number of aromatic nitrogens is 2. The number of aliphatic hydroxyl groups excluding tert-OH is 1. The van der Waals surface area contributed by atoms with Crippen LogP contribution in [0.15, 0.2) is 24.3 Å². The minimum absolute atomic E-state index is 0.0553. The van der Waals surface area contributed by atoms with Gasteiger partial charge in [-0.2, -0.15) is 5.10 Å². The van der Waals surface area contributed by atoms with Gasteiger partial charge in [-0.3, -0.25) is 0 Å². The van der Waals surface area contributed by atoms with E-state index in [0.29, 0.717) is 6.42 Å². The number of ether oxygens (including phenoxy) is 1. The lowest BCUT2D eigenvalue weighted by atomic mass is 9.77. The molecular weight excluding hydrogens is 350 g/mol. The molecule has 1 saturated carbocycles. The van der Waals surface area contributed by atoms with Crippen LogP contribution in [0.5, 0.6) is 0 Å². The number of rotatable bonds is 5. The summed E-state index contributed by atoms with van der Waals surface area (Å²) in [6, 6.07) is 5.55. The van der Waals surface area contributed by atoms with Crippen LogP contribution in [0.4, 0.5) is 8.78 Å². The molecule has 144 valence electrons. The van der Waals surface area contributed by atoms with E-state index in [1.54, 1.807) is 6.07 Å². The Bertz CT molecular complexity index is 862. The van der Waals surface area contributed by atoms with E-state index in [1.807, 2.05) is 6.92 Å². The fourth-order valence-electron chi connectivity index (χ4n) is 4.93. The van der Waals surface area contributed by atoms with Crippen molar-refractivity contribution < 1.29 is 18.6 Å². The van der Waals surface area contributed by atoms with Gasteiger partial charge in [-0.05, 0) is 48.9 Å². The van der Waals surface area contributed by atoms with E-state index >= 15 is 0 Å². The van der Waals surface area contributed by atoms with Crippen LogP contribution < -0.4 is 0 Å². The third kappa shape index (κ3) is 2.46. The molecule has 1 heterocycles. The number of nitrogens with zero attached hydrogens (tertiary/aromatic N) is 2. The second-order valence-corrected chi connectivity index (χ2v) is 8.10. The topological polar surface area (TPSA) is 55.2 Å². The smallest absolute Gasteiger partial charge is 0.135 e.